The van der Waals surface area contributed by atoms with Crippen molar-refractivity contribution in [1.82, 2.24) is 10.1 Å². The molecule has 1 aromatic heterocycles. The Balaban J connectivity index is 2.78. The van der Waals surface area contributed by atoms with Gasteiger partial charge in [0.1, 0.15) is 0 Å². The average molecular weight is 154 g/mol. The zero-order valence-corrected chi connectivity index (χ0v) is 7.46. The summed E-state index contributed by atoms with van der Waals surface area (Å²) >= 11 is 0. The summed E-state index contributed by atoms with van der Waals surface area (Å²) in [5, 5.41) is 3.80. The molecule has 62 valence electrons. The Morgan fingerprint density at radius 3 is 2.45 bits per heavy atom. The van der Waals surface area contributed by atoms with Crippen LogP contribution < -0.4 is 0 Å². The molecule has 0 aliphatic heterocycles. The monoisotopic (exact) mass is 154 g/mol. The predicted octanol–water partition coefficient (Wildman–Crippen LogP) is 2.22. The Morgan fingerprint density at radius 2 is 2.09 bits per heavy atom. The van der Waals surface area contributed by atoms with Crippen molar-refractivity contribution >= 4 is 0 Å². The van der Waals surface area contributed by atoms with E-state index < -0.39 is 0 Å². The molecule has 0 aromatic carbocycles. The maximum atomic E-state index is 4.67. The third-order valence-corrected chi connectivity index (χ3v) is 2.06. The first kappa shape index (κ1) is 8.24. The first-order valence-corrected chi connectivity index (χ1v) is 3.78. The first-order chi connectivity index (χ1) is 5.02. The van der Waals surface area contributed by atoms with Gasteiger partial charge in [0.25, 0.3) is 0 Å². The van der Waals surface area contributed by atoms with Crippen LogP contribution in [0.25, 0.3) is 0 Å². The molecule has 0 aliphatic carbocycles. The maximum Gasteiger partial charge on any atom is 0.213 e. The topological polar surface area (TPSA) is 38.9 Å². The second kappa shape index (κ2) is 2.64. The SMILES string of the molecule is C[C@H](c1ncon1)C(C)(C)C. The maximum absolute atomic E-state index is 4.67. The van der Waals surface area contributed by atoms with Crippen LogP contribution in [0.15, 0.2) is 10.9 Å². The first-order valence-electron chi connectivity index (χ1n) is 3.78. The van der Waals surface area contributed by atoms with Crippen molar-refractivity contribution in [2.45, 2.75) is 33.6 Å². The molecule has 11 heavy (non-hydrogen) atoms. The van der Waals surface area contributed by atoms with E-state index in [4.69, 9.17) is 0 Å². The molecule has 0 unspecified atom stereocenters. The van der Waals surface area contributed by atoms with Crippen molar-refractivity contribution in [3.63, 3.8) is 0 Å². The van der Waals surface area contributed by atoms with Gasteiger partial charge >= 0.3 is 0 Å². The highest BCUT2D eigenvalue weighted by Gasteiger charge is 2.24. The van der Waals surface area contributed by atoms with Crippen molar-refractivity contribution in [1.29, 1.82) is 0 Å². The molecular weight excluding hydrogens is 140 g/mol. The second-order valence-corrected chi connectivity index (χ2v) is 3.88. The summed E-state index contributed by atoms with van der Waals surface area (Å²) in [7, 11) is 0. The van der Waals surface area contributed by atoms with Gasteiger partial charge in [-0.2, -0.15) is 4.98 Å². The smallest absolute Gasteiger partial charge is 0.213 e. The molecule has 3 heteroatoms. The lowest BCUT2D eigenvalue weighted by Gasteiger charge is -2.23. The standard InChI is InChI=1S/C8H14N2O/c1-6(8(2,3)4)7-9-5-11-10-7/h5-6H,1-4H3/t6-/m1/s1. The lowest BCUT2D eigenvalue weighted by atomic mass is 9.82. The van der Waals surface area contributed by atoms with Crippen LogP contribution >= 0.6 is 0 Å². The van der Waals surface area contributed by atoms with E-state index in [0.29, 0.717) is 5.92 Å². The number of hydrogen-bond acceptors (Lipinski definition) is 3. The molecule has 0 bridgehead atoms. The minimum atomic E-state index is 0.198. The third-order valence-electron chi connectivity index (χ3n) is 2.06. The molecular formula is C8H14N2O. The molecule has 0 amide bonds. The van der Waals surface area contributed by atoms with E-state index in [2.05, 4.69) is 42.4 Å². The molecule has 0 radical (unpaired) electrons. The zero-order chi connectivity index (χ0) is 8.48. The quantitative estimate of drug-likeness (QED) is 0.622. The van der Waals surface area contributed by atoms with E-state index in [0.717, 1.165) is 5.82 Å². The van der Waals surface area contributed by atoms with Gasteiger partial charge in [-0.1, -0.05) is 32.9 Å². The molecule has 0 N–H and O–H groups in total. The second-order valence-electron chi connectivity index (χ2n) is 3.88. The fourth-order valence-corrected chi connectivity index (χ4v) is 0.757. The molecule has 1 rings (SSSR count). The minimum absolute atomic E-state index is 0.198. The van der Waals surface area contributed by atoms with Gasteiger partial charge in [0.2, 0.25) is 6.39 Å². The van der Waals surface area contributed by atoms with Gasteiger partial charge in [0.15, 0.2) is 5.82 Å². The normalized spacial score (nSPS) is 14.9. The fraction of sp³-hybridized carbons (Fsp3) is 0.750. The third kappa shape index (κ3) is 1.79. The number of nitrogens with zero attached hydrogens (tertiary/aromatic N) is 2. The number of rotatable bonds is 1. The van der Waals surface area contributed by atoms with E-state index in [-0.39, 0.29) is 5.41 Å². The van der Waals surface area contributed by atoms with Crippen molar-refractivity contribution < 1.29 is 4.52 Å². The van der Waals surface area contributed by atoms with E-state index in [1.54, 1.807) is 0 Å². The van der Waals surface area contributed by atoms with Crippen molar-refractivity contribution in [2.75, 3.05) is 0 Å². The molecule has 0 fully saturated rings. The molecule has 0 saturated heterocycles. The Morgan fingerprint density at radius 1 is 1.45 bits per heavy atom. The van der Waals surface area contributed by atoms with Gasteiger partial charge in [0.05, 0.1) is 0 Å². The predicted molar refractivity (Wildman–Crippen MR) is 42.2 cm³/mol. The van der Waals surface area contributed by atoms with E-state index in [9.17, 15) is 0 Å². The molecule has 3 nitrogen and oxygen atoms in total. The summed E-state index contributed by atoms with van der Waals surface area (Å²) in [6, 6.07) is 0. The number of hydrogen-bond donors (Lipinski definition) is 0. The van der Waals surface area contributed by atoms with Gasteiger partial charge in [-0.3, -0.25) is 0 Å². The van der Waals surface area contributed by atoms with Gasteiger partial charge in [-0.05, 0) is 5.41 Å². The van der Waals surface area contributed by atoms with Crippen LogP contribution in [0.1, 0.15) is 39.4 Å². The fourth-order valence-electron chi connectivity index (χ4n) is 0.757. The van der Waals surface area contributed by atoms with Crippen LogP contribution in [0.5, 0.6) is 0 Å². The van der Waals surface area contributed by atoms with Crippen molar-refractivity contribution in [3.05, 3.63) is 12.2 Å². The van der Waals surface area contributed by atoms with E-state index in [1.165, 1.54) is 6.39 Å². The van der Waals surface area contributed by atoms with Crippen LogP contribution in [0, 0.1) is 5.41 Å². The summed E-state index contributed by atoms with van der Waals surface area (Å²) < 4.78 is 4.67. The largest absolute Gasteiger partial charge is 0.343 e. The Hall–Kier alpha value is -0.860. The summed E-state index contributed by atoms with van der Waals surface area (Å²) in [6.07, 6.45) is 1.37. The Bertz CT molecular complexity index is 210. The van der Waals surface area contributed by atoms with Gasteiger partial charge in [0, 0.05) is 5.92 Å². The molecule has 0 saturated carbocycles. The lowest BCUT2D eigenvalue weighted by molar-refractivity contribution is 0.314. The highest BCUT2D eigenvalue weighted by molar-refractivity contribution is 4.95. The summed E-state index contributed by atoms with van der Waals surface area (Å²) in [5.74, 6) is 1.12. The summed E-state index contributed by atoms with van der Waals surface area (Å²) in [4.78, 5) is 4.00. The highest BCUT2D eigenvalue weighted by Crippen LogP contribution is 2.31. The van der Waals surface area contributed by atoms with Gasteiger partial charge in [-0.15, -0.1) is 0 Å². The van der Waals surface area contributed by atoms with Crippen LogP contribution in [0.3, 0.4) is 0 Å². The van der Waals surface area contributed by atoms with Gasteiger partial charge in [-0.25, -0.2) is 0 Å². The van der Waals surface area contributed by atoms with Gasteiger partial charge < -0.3 is 4.52 Å². The lowest BCUT2D eigenvalue weighted by Crippen LogP contribution is -2.16. The summed E-state index contributed by atoms with van der Waals surface area (Å²) in [6.45, 7) is 8.58. The number of aromatic nitrogens is 2. The molecule has 1 aromatic rings. The highest BCUT2D eigenvalue weighted by atomic mass is 16.5. The van der Waals surface area contributed by atoms with Crippen LogP contribution in [-0.4, -0.2) is 10.1 Å². The molecule has 0 spiro atoms. The average Bonchev–Trinajstić information content (AvgIpc) is 2.34. The van der Waals surface area contributed by atoms with Crippen molar-refractivity contribution in [2.24, 2.45) is 5.41 Å². The zero-order valence-electron chi connectivity index (χ0n) is 7.46. The molecule has 0 aliphatic rings. The van der Waals surface area contributed by atoms with Crippen LogP contribution in [0.2, 0.25) is 0 Å². The Labute approximate surface area is 66.8 Å². The van der Waals surface area contributed by atoms with Crippen LogP contribution in [-0.2, 0) is 0 Å². The summed E-state index contributed by atoms with van der Waals surface area (Å²) in [5.41, 5.74) is 0.198. The van der Waals surface area contributed by atoms with E-state index >= 15 is 0 Å². The Kier molecular flexibility index (Phi) is 1.98. The molecule has 1 heterocycles. The minimum Gasteiger partial charge on any atom is -0.343 e. The van der Waals surface area contributed by atoms with Crippen LogP contribution in [0.4, 0.5) is 0 Å². The van der Waals surface area contributed by atoms with E-state index in [1.807, 2.05) is 0 Å². The van der Waals surface area contributed by atoms with Crippen molar-refractivity contribution in [3.8, 4) is 0 Å². The molecule has 1 atom stereocenters.